The van der Waals surface area contributed by atoms with Crippen LogP contribution in [-0.4, -0.2) is 22.8 Å². The predicted molar refractivity (Wildman–Crippen MR) is 55.6 cm³/mol. The van der Waals surface area contributed by atoms with Crippen LogP contribution in [0.2, 0.25) is 0 Å². The fourth-order valence-corrected chi connectivity index (χ4v) is 1.41. The third-order valence-electron chi connectivity index (χ3n) is 2.10. The maximum atomic E-state index is 10.9. The summed E-state index contributed by atoms with van der Waals surface area (Å²) in [4.78, 5) is 10.9. The van der Waals surface area contributed by atoms with Crippen LogP contribution in [0.3, 0.4) is 0 Å². The molecule has 0 radical (unpaired) electrons. The number of carboxylic acid groups (broad SMARTS) is 1. The average molecular weight is 210 g/mol. The van der Waals surface area contributed by atoms with E-state index in [0.29, 0.717) is 13.0 Å². The highest BCUT2D eigenvalue weighted by atomic mass is 16.5. The zero-order valence-electron chi connectivity index (χ0n) is 8.78. The quantitative estimate of drug-likeness (QED) is 0.798. The topological polar surface area (TPSA) is 66.8 Å². The van der Waals surface area contributed by atoms with Crippen LogP contribution in [0.5, 0.6) is 11.5 Å². The third-order valence-corrected chi connectivity index (χ3v) is 2.10. The Morgan fingerprint density at radius 1 is 1.40 bits per heavy atom. The van der Waals surface area contributed by atoms with Crippen LogP contribution in [0.4, 0.5) is 0 Å². The molecule has 4 nitrogen and oxygen atoms in total. The fourth-order valence-electron chi connectivity index (χ4n) is 1.41. The molecule has 0 amide bonds. The van der Waals surface area contributed by atoms with Gasteiger partial charge in [0.05, 0.1) is 6.61 Å². The van der Waals surface area contributed by atoms with Gasteiger partial charge in [0.25, 0.3) is 0 Å². The minimum Gasteiger partial charge on any atom is -0.507 e. The maximum Gasteiger partial charge on any atom is 0.343 e. The second kappa shape index (κ2) is 4.68. The van der Waals surface area contributed by atoms with Gasteiger partial charge in [-0.25, -0.2) is 4.79 Å². The summed E-state index contributed by atoms with van der Waals surface area (Å²) in [6.07, 6.45) is 0.663. The summed E-state index contributed by atoms with van der Waals surface area (Å²) in [5.41, 5.74) is 0.628. The van der Waals surface area contributed by atoms with Gasteiger partial charge in [-0.15, -0.1) is 0 Å². The van der Waals surface area contributed by atoms with Crippen molar-refractivity contribution in [3.63, 3.8) is 0 Å². The van der Waals surface area contributed by atoms with E-state index in [1.165, 1.54) is 6.07 Å². The van der Waals surface area contributed by atoms with Crippen LogP contribution in [0.1, 0.15) is 29.8 Å². The fraction of sp³-hybridized carbons (Fsp3) is 0.364. The van der Waals surface area contributed by atoms with Gasteiger partial charge in [-0.2, -0.15) is 0 Å². The molecular weight excluding hydrogens is 196 g/mol. The first kappa shape index (κ1) is 11.4. The van der Waals surface area contributed by atoms with Crippen LogP contribution < -0.4 is 4.74 Å². The average Bonchev–Trinajstić information content (AvgIpc) is 2.18. The molecule has 0 aliphatic heterocycles. The van der Waals surface area contributed by atoms with Gasteiger partial charge in [-0.3, -0.25) is 0 Å². The van der Waals surface area contributed by atoms with E-state index in [1.54, 1.807) is 13.0 Å². The van der Waals surface area contributed by atoms with Crippen LogP contribution in [0.25, 0.3) is 0 Å². The maximum absolute atomic E-state index is 10.9. The second-order valence-electron chi connectivity index (χ2n) is 3.04. The Morgan fingerprint density at radius 3 is 2.53 bits per heavy atom. The second-order valence-corrected chi connectivity index (χ2v) is 3.04. The number of hydrogen-bond donors (Lipinski definition) is 2. The molecule has 0 unspecified atom stereocenters. The molecule has 15 heavy (non-hydrogen) atoms. The summed E-state index contributed by atoms with van der Waals surface area (Å²) in [6, 6.07) is 3.05. The Bertz CT molecular complexity index is 371. The van der Waals surface area contributed by atoms with Gasteiger partial charge >= 0.3 is 5.97 Å². The van der Waals surface area contributed by atoms with E-state index in [4.69, 9.17) is 9.84 Å². The molecule has 0 atom stereocenters. The zero-order valence-corrected chi connectivity index (χ0v) is 8.78. The number of aromatic hydroxyl groups is 1. The largest absolute Gasteiger partial charge is 0.507 e. The molecule has 0 aromatic heterocycles. The number of aryl methyl sites for hydroxylation is 1. The van der Waals surface area contributed by atoms with Crippen molar-refractivity contribution in [2.45, 2.75) is 20.3 Å². The molecule has 0 aliphatic carbocycles. The van der Waals surface area contributed by atoms with E-state index < -0.39 is 5.97 Å². The number of phenols is 1. The summed E-state index contributed by atoms with van der Waals surface area (Å²) in [7, 11) is 0. The van der Waals surface area contributed by atoms with Gasteiger partial charge in [0, 0.05) is 0 Å². The molecule has 1 rings (SSSR count). The predicted octanol–water partition coefficient (Wildman–Crippen LogP) is 2.05. The normalized spacial score (nSPS) is 10.0. The van der Waals surface area contributed by atoms with Crippen LogP contribution in [0.15, 0.2) is 12.1 Å². The smallest absolute Gasteiger partial charge is 0.343 e. The molecule has 0 saturated carbocycles. The van der Waals surface area contributed by atoms with Crippen molar-refractivity contribution < 1.29 is 19.7 Å². The van der Waals surface area contributed by atoms with Gasteiger partial charge in [-0.05, 0) is 25.0 Å². The minimum absolute atomic E-state index is 0.156. The molecule has 2 N–H and O–H groups in total. The Morgan fingerprint density at radius 2 is 2.07 bits per heavy atom. The van der Waals surface area contributed by atoms with E-state index in [0.717, 1.165) is 5.56 Å². The van der Waals surface area contributed by atoms with Crippen molar-refractivity contribution >= 4 is 5.97 Å². The van der Waals surface area contributed by atoms with Crippen molar-refractivity contribution in [1.29, 1.82) is 0 Å². The minimum atomic E-state index is -1.17. The lowest BCUT2D eigenvalue weighted by Crippen LogP contribution is -2.05. The lowest BCUT2D eigenvalue weighted by molar-refractivity contribution is 0.0689. The molecule has 1 aromatic carbocycles. The Balaban J connectivity index is 3.36. The molecule has 0 aliphatic rings. The first-order valence-electron chi connectivity index (χ1n) is 4.82. The van der Waals surface area contributed by atoms with E-state index in [1.807, 2.05) is 6.92 Å². The van der Waals surface area contributed by atoms with E-state index in [-0.39, 0.29) is 17.1 Å². The van der Waals surface area contributed by atoms with Crippen molar-refractivity contribution in [3.05, 3.63) is 23.3 Å². The Kier molecular flexibility index (Phi) is 3.55. The molecule has 82 valence electrons. The summed E-state index contributed by atoms with van der Waals surface area (Å²) in [5.74, 6) is -1.16. The highest BCUT2D eigenvalue weighted by Gasteiger charge is 2.19. The molecule has 0 spiro atoms. The van der Waals surface area contributed by atoms with Gasteiger partial charge < -0.3 is 14.9 Å². The van der Waals surface area contributed by atoms with Crippen molar-refractivity contribution in [2.24, 2.45) is 0 Å². The van der Waals surface area contributed by atoms with Gasteiger partial charge in [0.1, 0.15) is 17.1 Å². The number of carboxylic acids is 1. The van der Waals surface area contributed by atoms with E-state index in [9.17, 15) is 9.90 Å². The third kappa shape index (κ3) is 2.21. The van der Waals surface area contributed by atoms with Crippen molar-refractivity contribution in [3.8, 4) is 11.5 Å². The summed E-state index contributed by atoms with van der Waals surface area (Å²) in [5, 5.41) is 18.4. The standard InChI is InChI=1S/C11H14O4/c1-3-7-5-6-8(12)9(11(13)14)10(7)15-4-2/h5-6,12H,3-4H2,1-2H3,(H,13,14). The number of carbonyl (C=O) groups is 1. The number of ether oxygens (including phenoxy) is 1. The molecule has 4 heteroatoms. The lowest BCUT2D eigenvalue weighted by Gasteiger charge is -2.12. The van der Waals surface area contributed by atoms with Crippen molar-refractivity contribution in [1.82, 2.24) is 0 Å². The zero-order chi connectivity index (χ0) is 11.4. The SMILES string of the molecule is CCOc1c(CC)ccc(O)c1C(=O)O. The monoisotopic (exact) mass is 210 g/mol. The molecule has 0 heterocycles. The van der Waals surface area contributed by atoms with Crippen LogP contribution in [-0.2, 0) is 6.42 Å². The van der Waals surface area contributed by atoms with Gasteiger partial charge in [0.15, 0.2) is 0 Å². The molecule has 0 fully saturated rings. The van der Waals surface area contributed by atoms with Gasteiger partial charge in [0.2, 0.25) is 0 Å². The van der Waals surface area contributed by atoms with E-state index in [2.05, 4.69) is 0 Å². The highest BCUT2D eigenvalue weighted by Crippen LogP contribution is 2.32. The van der Waals surface area contributed by atoms with E-state index >= 15 is 0 Å². The number of rotatable bonds is 4. The van der Waals surface area contributed by atoms with Crippen LogP contribution in [0, 0.1) is 0 Å². The first-order chi connectivity index (χ1) is 7.11. The van der Waals surface area contributed by atoms with Gasteiger partial charge in [-0.1, -0.05) is 13.0 Å². The number of hydrogen-bond acceptors (Lipinski definition) is 3. The highest BCUT2D eigenvalue weighted by molar-refractivity contribution is 5.94. The summed E-state index contributed by atoms with van der Waals surface area (Å²) >= 11 is 0. The molecule has 0 bridgehead atoms. The number of aromatic carboxylic acids is 1. The summed E-state index contributed by atoms with van der Waals surface area (Å²) < 4.78 is 5.26. The Hall–Kier alpha value is -1.71. The Labute approximate surface area is 88.1 Å². The molecule has 0 saturated heterocycles. The summed E-state index contributed by atoms with van der Waals surface area (Å²) in [6.45, 7) is 4.05. The van der Waals surface area contributed by atoms with Crippen LogP contribution >= 0.6 is 0 Å². The molecule has 1 aromatic rings. The number of benzene rings is 1. The van der Waals surface area contributed by atoms with Crippen molar-refractivity contribution in [2.75, 3.05) is 6.61 Å². The lowest BCUT2D eigenvalue weighted by atomic mass is 10.1. The first-order valence-corrected chi connectivity index (χ1v) is 4.82. The molecular formula is C11H14O4.